The first kappa shape index (κ1) is 15.9. The summed E-state index contributed by atoms with van der Waals surface area (Å²) in [6, 6.07) is 3.80. The van der Waals surface area contributed by atoms with Gasteiger partial charge in [-0.15, -0.1) is 5.10 Å². The normalized spacial score (nSPS) is 11.5. The molecule has 0 radical (unpaired) electrons. The topological polar surface area (TPSA) is 69.9 Å². The molecule has 0 spiro atoms. The van der Waals surface area contributed by atoms with E-state index in [-0.39, 0.29) is 12.2 Å². The zero-order valence-electron chi connectivity index (χ0n) is 11.7. The van der Waals surface area contributed by atoms with Crippen LogP contribution < -0.4 is 0 Å². The molecule has 0 aliphatic rings. The number of esters is 1. The number of benzene rings is 1. The van der Waals surface area contributed by atoms with E-state index in [0.717, 1.165) is 30.7 Å². The molecule has 0 aliphatic carbocycles. The fourth-order valence-electron chi connectivity index (χ4n) is 1.72. The summed E-state index contributed by atoms with van der Waals surface area (Å²) in [5, 5.41) is 10.9. The highest BCUT2D eigenvalue weighted by Gasteiger charge is 2.30. The number of halogens is 3. The van der Waals surface area contributed by atoms with E-state index in [2.05, 4.69) is 15.5 Å². The van der Waals surface area contributed by atoms with Gasteiger partial charge in [0, 0.05) is 6.54 Å². The van der Waals surface area contributed by atoms with Crippen LogP contribution in [0.4, 0.5) is 13.2 Å². The van der Waals surface area contributed by atoms with Gasteiger partial charge in [-0.3, -0.25) is 0 Å². The van der Waals surface area contributed by atoms with Gasteiger partial charge in [0.05, 0.1) is 11.1 Å². The van der Waals surface area contributed by atoms with Crippen molar-refractivity contribution < 1.29 is 22.7 Å². The zero-order valence-corrected chi connectivity index (χ0v) is 11.7. The number of ether oxygens (including phenoxy) is 1. The summed E-state index contributed by atoms with van der Waals surface area (Å²) in [4.78, 5) is 11.8. The predicted octanol–water partition coefficient (Wildman–Crippen LogP) is 2.46. The maximum Gasteiger partial charge on any atom is 0.416 e. The van der Waals surface area contributed by atoms with Crippen LogP contribution in [0.3, 0.4) is 0 Å². The molecule has 0 unspecified atom stereocenters. The van der Waals surface area contributed by atoms with Crippen molar-refractivity contribution in [3.8, 4) is 0 Å². The third-order valence-corrected chi connectivity index (χ3v) is 2.82. The van der Waals surface area contributed by atoms with Crippen LogP contribution in [0.15, 0.2) is 24.3 Å². The van der Waals surface area contributed by atoms with Crippen molar-refractivity contribution in [2.75, 3.05) is 0 Å². The standard InChI is InChI=1S/C13H13F3N4O2/c1-2-7-20-11(17-18-19-20)8-22-12(21)9-3-5-10(6-4-9)13(14,15)16/h3-6H,2,7-8H2,1H3. The number of carbonyl (C=O) groups is 1. The van der Waals surface area contributed by atoms with Crippen LogP contribution >= 0.6 is 0 Å². The number of aromatic nitrogens is 4. The second kappa shape index (κ2) is 6.54. The molecule has 0 amide bonds. The molecule has 1 aromatic heterocycles. The van der Waals surface area contributed by atoms with Gasteiger partial charge in [-0.1, -0.05) is 6.92 Å². The van der Waals surface area contributed by atoms with Crippen LogP contribution in [0.25, 0.3) is 0 Å². The Hall–Kier alpha value is -2.45. The minimum absolute atomic E-state index is 0.0301. The summed E-state index contributed by atoms with van der Waals surface area (Å²) in [5.41, 5.74) is -0.793. The Morgan fingerprint density at radius 1 is 1.27 bits per heavy atom. The van der Waals surface area contributed by atoms with Gasteiger partial charge in [0.2, 0.25) is 0 Å². The van der Waals surface area contributed by atoms with Crippen LogP contribution in [0.2, 0.25) is 0 Å². The lowest BCUT2D eigenvalue weighted by Gasteiger charge is -2.08. The lowest BCUT2D eigenvalue weighted by molar-refractivity contribution is -0.137. The van der Waals surface area contributed by atoms with Crippen molar-refractivity contribution in [3.05, 3.63) is 41.2 Å². The van der Waals surface area contributed by atoms with E-state index in [1.165, 1.54) is 4.68 Å². The van der Waals surface area contributed by atoms with Crippen LogP contribution in [-0.4, -0.2) is 26.2 Å². The molecule has 0 saturated heterocycles. The molecule has 2 aromatic rings. The number of hydrogen-bond donors (Lipinski definition) is 0. The Balaban J connectivity index is 1.99. The van der Waals surface area contributed by atoms with Gasteiger partial charge in [0.1, 0.15) is 0 Å². The Labute approximate surface area is 123 Å². The number of hydrogen-bond acceptors (Lipinski definition) is 5. The summed E-state index contributed by atoms with van der Waals surface area (Å²) < 4.78 is 43.8. The van der Waals surface area contributed by atoms with Crippen molar-refractivity contribution in [3.63, 3.8) is 0 Å². The first-order valence-electron chi connectivity index (χ1n) is 6.51. The summed E-state index contributed by atoms with van der Waals surface area (Å²) in [5.74, 6) is -0.359. The highest BCUT2D eigenvalue weighted by atomic mass is 19.4. The molecular weight excluding hydrogens is 301 g/mol. The van der Waals surface area contributed by atoms with Crippen LogP contribution in [0, 0.1) is 0 Å². The number of tetrazole rings is 1. The second-order valence-electron chi connectivity index (χ2n) is 4.47. The third kappa shape index (κ3) is 3.80. The third-order valence-electron chi connectivity index (χ3n) is 2.82. The van der Waals surface area contributed by atoms with Gasteiger partial charge in [-0.2, -0.15) is 13.2 Å². The van der Waals surface area contributed by atoms with E-state index >= 15 is 0 Å². The van der Waals surface area contributed by atoms with Crippen molar-refractivity contribution in [2.24, 2.45) is 0 Å². The van der Waals surface area contributed by atoms with Gasteiger partial charge in [0.15, 0.2) is 12.4 Å². The smallest absolute Gasteiger partial charge is 0.416 e. The quantitative estimate of drug-likeness (QED) is 0.793. The van der Waals surface area contributed by atoms with Crippen molar-refractivity contribution in [1.82, 2.24) is 20.2 Å². The molecule has 0 atom stereocenters. The molecule has 0 bridgehead atoms. The Morgan fingerprint density at radius 3 is 2.55 bits per heavy atom. The largest absolute Gasteiger partial charge is 0.454 e. The van der Waals surface area contributed by atoms with Crippen molar-refractivity contribution in [2.45, 2.75) is 32.7 Å². The molecule has 2 rings (SSSR count). The maximum absolute atomic E-state index is 12.4. The summed E-state index contributed by atoms with van der Waals surface area (Å²) in [6.45, 7) is 2.38. The highest BCUT2D eigenvalue weighted by Crippen LogP contribution is 2.29. The van der Waals surface area contributed by atoms with Gasteiger partial charge in [-0.25, -0.2) is 9.48 Å². The SMILES string of the molecule is CCCn1nnnc1COC(=O)c1ccc(C(F)(F)F)cc1. The average molecular weight is 314 g/mol. The van der Waals surface area contributed by atoms with Gasteiger partial charge in [0.25, 0.3) is 0 Å². The first-order valence-corrected chi connectivity index (χ1v) is 6.51. The average Bonchev–Trinajstić information content (AvgIpc) is 2.92. The number of rotatable bonds is 5. The van der Waals surface area contributed by atoms with E-state index in [9.17, 15) is 18.0 Å². The number of alkyl halides is 3. The molecule has 1 heterocycles. The molecule has 0 aliphatic heterocycles. The summed E-state index contributed by atoms with van der Waals surface area (Å²) >= 11 is 0. The number of aryl methyl sites for hydroxylation is 1. The van der Waals surface area contributed by atoms with E-state index in [1.807, 2.05) is 6.92 Å². The zero-order chi connectivity index (χ0) is 16.2. The molecule has 9 heteroatoms. The predicted molar refractivity (Wildman–Crippen MR) is 68.7 cm³/mol. The molecule has 0 fully saturated rings. The Morgan fingerprint density at radius 2 is 1.95 bits per heavy atom. The van der Waals surface area contributed by atoms with Crippen molar-refractivity contribution >= 4 is 5.97 Å². The van der Waals surface area contributed by atoms with Crippen LogP contribution in [0.5, 0.6) is 0 Å². The molecule has 0 saturated carbocycles. The fraction of sp³-hybridized carbons (Fsp3) is 0.385. The monoisotopic (exact) mass is 314 g/mol. The number of nitrogens with zero attached hydrogens (tertiary/aromatic N) is 4. The molecule has 6 nitrogen and oxygen atoms in total. The first-order chi connectivity index (χ1) is 10.4. The van der Waals surface area contributed by atoms with E-state index in [0.29, 0.717) is 12.4 Å². The van der Waals surface area contributed by atoms with E-state index in [1.54, 1.807) is 0 Å². The van der Waals surface area contributed by atoms with Gasteiger partial charge < -0.3 is 4.74 Å². The second-order valence-corrected chi connectivity index (χ2v) is 4.47. The molecule has 22 heavy (non-hydrogen) atoms. The van der Waals surface area contributed by atoms with Crippen LogP contribution in [0.1, 0.15) is 35.1 Å². The Kier molecular flexibility index (Phi) is 4.74. The summed E-state index contributed by atoms with van der Waals surface area (Å²) in [7, 11) is 0. The highest BCUT2D eigenvalue weighted by molar-refractivity contribution is 5.89. The van der Waals surface area contributed by atoms with E-state index < -0.39 is 17.7 Å². The molecule has 1 aromatic carbocycles. The molecular formula is C13H13F3N4O2. The summed E-state index contributed by atoms with van der Waals surface area (Å²) in [6.07, 6.45) is -3.63. The fourth-order valence-corrected chi connectivity index (χ4v) is 1.72. The van der Waals surface area contributed by atoms with E-state index in [4.69, 9.17) is 4.74 Å². The Bertz CT molecular complexity index is 637. The van der Waals surface area contributed by atoms with Crippen molar-refractivity contribution in [1.29, 1.82) is 0 Å². The maximum atomic E-state index is 12.4. The lowest BCUT2D eigenvalue weighted by atomic mass is 10.1. The van der Waals surface area contributed by atoms with Gasteiger partial charge in [-0.05, 0) is 41.1 Å². The van der Waals surface area contributed by atoms with Crippen LogP contribution in [-0.2, 0) is 24.1 Å². The number of carbonyl (C=O) groups excluding carboxylic acids is 1. The minimum Gasteiger partial charge on any atom is -0.454 e. The van der Waals surface area contributed by atoms with Gasteiger partial charge >= 0.3 is 12.1 Å². The molecule has 118 valence electrons. The minimum atomic E-state index is -4.44. The lowest BCUT2D eigenvalue weighted by Crippen LogP contribution is -2.11. The molecule has 0 N–H and O–H groups in total.